The highest BCUT2D eigenvalue weighted by Crippen LogP contribution is 2.20. The topological polar surface area (TPSA) is 62.1 Å². The third-order valence-corrected chi connectivity index (χ3v) is 2.81. The molecule has 2 aromatic rings. The molecule has 2 aromatic carbocycles. The van der Waals surface area contributed by atoms with Crippen molar-refractivity contribution in [2.45, 2.75) is 0 Å². The number of nitrogens with zero attached hydrogens (tertiary/aromatic N) is 1. The van der Waals surface area contributed by atoms with Gasteiger partial charge in [0.1, 0.15) is 6.07 Å². The van der Waals surface area contributed by atoms with Crippen LogP contribution in [0.15, 0.2) is 42.5 Å². The zero-order valence-corrected chi connectivity index (χ0v) is 11.5. The summed E-state index contributed by atoms with van der Waals surface area (Å²) in [6, 6.07) is 12.2. The van der Waals surface area contributed by atoms with Crippen LogP contribution >= 0.6 is 11.6 Å². The average Bonchev–Trinajstić information content (AvgIpc) is 2.47. The summed E-state index contributed by atoms with van der Waals surface area (Å²) in [5.41, 5.74) is 0.561. The van der Waals surface area contributed by atoms with E-state index in [2.05, 4.69) is 5.32 Å². The van der Waals surface area contributed by atoms with E-state index in [9.17, 15) is 9.18 Å². The molecule has 0 fully saturated rings. The quantitative estimate of drug-likeness (QED) is 0.942. The maximum Gasteiger partial charge on any atom is 0.262 e. The molecule has 0 aliphatic carbocycles. The second-order valence-corrected chi connectivity index (χ2v) is 4.51. The van der Waals surface area contributed by atoms with Crippen LogP contribution in [0.5, 0.6) is 5.75 Å². The lowest BCUT2D eigenvalue weighted by Gasteiger charge is -2.09. The van der Waals surface area contributed by atoms with E-state index in [4.69, 9.17) is 21.6 Å². The van der Waals surface area contributed by atoms with Gasteiger partial charge in [0.2, 0.25) is 0 Å². The van der Waals surface area contributed by atoms with Crippen molar-refractivity contribution in [2.24, 2.45) is 0 Å². The molecule has 0 spiro atoms. The zero-order valence-electron chi connectivity index (χ0n) is 10.8. The Morgan fingerprint density at radius 3 is 2.81 bits per heavy atom. The van der Waals surface area contributed by atoms with E-state index in [0.717, 1.165) is 0 Å². The van der Waals surface area contributed by atoms with Crippen LogP contribution in [0, 0.1) is 17.1 Å². The first-order valence-corrected chi connectivity index (χ1v) is 6.35. The molecule has 0 saturated heterocycles. The van der Waals surface area contributed by atoms with Gasteiger partial charge in [-0.2, -0.15) is 5.26 Å². The number of carbonyl (C=O) groups excluding carboxylic acids is 1. The normalized spacial score (nSPS) is 9.76. The van der Waals surface area contributed by atoms with Gasteiger partial charge in [0, 0.05) is 5.02 Å². The number of hydrogen-bond acceptors (Lipinski definition) is 3. The fraction of sp³-hybridized carbons (Fsp3) is 0.0667. The van der Waals surface area contributed by atoms with Crippen molar-refractivity contribution in [3.05, 3.63) is 58.9 Å². The van der Waals surface area contributed by atoms with Crippen molar-refractivity contribution < 1.29 is 13.9 Å². The third kappa shape index (κ3) is 3.94. The lowest BCUT2D eigenvalue weighted by atomic mass is 10.2. The maximum atomic E-state index is 13.3. The van der Waals surface area contributed by atoms with Crippen LogP contribution in [0.3, 0.4) is 0 Å². The molecule has 0 aromatic heterocycles. The Morgan fingerprint density at radius 2 is 2.10 bits per heavy atom. The molecule has 0 atom stereocenters. The van der Waals surface area contributed by atoms with Gasteiger partial charge < -0.3 is 10.1 Å². The molecule has 0 saturated carbocycles. The number of carbonyl (C=O) groups is 1. The first-order valence-electron chi connectivity index (χ1n) is 5.97. The number of hydrogen-bond donors (Lipinski definition) is 1. The number of para-hydroxylation sites is 1. The van der Waals surface area contributed by atoms with Gasteiger partial charge in [0.25, 0.3) is 5.91 Å². The Hall–Kier alpha value is -2.58. The predicted molar refractivity (Wildman–Crippen MR) is 76.7 cm³/mol. The number of rotatable bonds is 4. The first kappa shape index (κ1) is 14.8. The van der Waals surface area contributed by atoms with E-state index in [0.29, 0.717) is 5.02 Å². The summed E-state index contributed by atoms with van der Waals surface area (Å²) in [6.45, 7) is -0.377. The monoisotopic (exact) mass is 304 g/mol. The van der Waals surface area contributed by atoms with E-state index >= 15 is 0 Å². The SMILES string of the molecule is N#Cc1ccc(Cl)cc1NC(=O)COc1ccccc1F. The van der Waals surface area contributed by atoms with E-state index in [1.165, 1.54) is 30.3 Å². The first-order chi connectivity index (χ1) is 10.1. The van der Waals surface area contributed by atoms with Crippen LogP contribution in [-0.4, -0.2) is 12.5 Å². The van der Waals surface area contributed by atoms with Crippen LogP contribution in [-0.2, 0) is 4.79 Å². The van der Waals surface area contributed by atoms with Gasteiger partial charge in [0.05, 0.1) is 11.3 Å². The van der Waals surface area contributed by atoms with Gasteiger partial charge in [-0.1, -0.05) is 23.7 Å². The molecule has 21 heavy (non-hydrogen) atoms. The predicted octanol–water partition coefficient (Wildman–Crippen LogP) is 3.37. The molecule has 0 aliphatic heterocycles. The smallest absolute Gasteiger partial charge is 0.262 e. The number of benzene rings is 2. The van der Waals surface area contributed by atoms with Crippen LogP contribution in [0.1, 0.15) is 5.56 Å². The number of nitrogens with one attached hydrogen (secondary N) is 1. The Kier molecular flexibility index (Phi) is 4.75. The second kappa shape index (κ2) is 6.73. The van der Waals surface area contributed by atoms with E-state index in [1.54, 1.807) is 12.1 Å². The fourth-order valence-corrected chi connectivity index (χ4v) is 1.78. The Morgan fingerprint density at radius 1 is 1.33 bits per heavy atom. The number of halogens is 2. The van der Waals surface area contributed by atoms with Crippen molar-refractivity contribution in [2.75, 3.05) is 11.9 Å². The van der Waals surface area contributed by atoms with Gasteiger partial charge in [-0.25, -0.2) is 4.39 Å². The number of ether oxygens (including phenoxy) is 1. The van der Waals surface area contributed by atoms with Gasteiger partial charge in [-0.3, -0.25) is 4.79 Å². The Bertz CT molecular complexity index is 713. The molecule has 0 bridgehead atoms. The van der Waals surface area contributed by atoms with Crippen LogP contribution < -0.4 is 10.1 Å². The maximum absolute atomic E-state index is 13.3. The minimum absolute atomic E-state index is 0.0146. The molecule has 0 unspecified atom stereocenters. The molecule has 0 radical (unpaired) electrons. The molecular weight excluding hydrogens is 295 g/mol. The Balaban J connectivity index is 2.01. The Labute approximate surface area is 125 Å². The summed E-state index contributed by atoms with van der Waals surface area (Å²) < 4.78 is 18.4. The summed E-state index contributed by atoms with van der Waals surface area (Å²) in [7, 11) is 0. The van der Waals surface area contributed by atoms with Gasteiger partial charge in [-0.05, 0) is 30.3 Å². The highest BCUT2D eigenvalue weighted by atomic mass is 35.5. The van der Waals surface area contributed by atoms with Gasteiger partial charge in [0.15, 0.2) is 18.2 Å². The molecule has 1 N–H and O–H groups in total. The van der Waals surface area contributed by atoms with Crippen LogP contribution in [0.2, 0.25) is 5.02 Å². The summed E-state index contributed by atoms with van der Waals surface area (Å²) in [4.78, 5) is 11.8. The van der Waals surface area contributed by atoms with Gasteiger partial charge in [-0.15, -0.1) is 0 Å². The molecule has 0 heterocycles. The molecule has 2 rings (SSSR count). The number of nitriles is 1. The highest BCUT2D eigenvalue weighted by Gasteiger charge is 2.09. The molecule has 4 nitrogen and oxygen atoms in total. The zero-order chi connectivity index (χ0) is 15.2. The summed E-state index contributed by atoms with van der Waals surface area (Å²) in [6.07, 6.45) is 0. The van der Waals surface area contributed by atoms with E-state index < -0.39 is 11.7 Å². The van der Waals surface area contributed by atoms with Crippen molar-refractivity contribution >= 4 is 23.2 Å². The second-order valence-electron chi connectivity index (χ2n) is 4.07. The standard InChI is InChI=1S/C15H10ClFN2O2/c16-11-6-5-10(8-18)13(7-11)19-15(20)9-21-14-4-2-1-3-12(14)17/h1-7H,9H2,(H,19,20). The highest BCUT2D eigenvalue weighted by molar-refractivity contribution is 6.31. The summed E-state index contributed by atoms with van der Waals surface area (Å²) in [5.74, 6) is -1.08. The van der Waals surface area contributed by atoms with E-state index in [-0.39, 0.29) is 23.6 Å². The molecule has 1 amide bonds. The van der Waals surface area contributed by atoms with E-state index in [1.807, 2.05) is 6.07 Å². The number of anilines is 1. The minimum Gasteiger partial charge on any atom is -0.481 e. The average molecular weight is 305 g/mol. The van der Waals surface area contributed by atoms with Crippen LogP contribution in [0.4, 0.5) is 10.1 Å². The largest absolute Gasteiger partial charge is 0.481 e. The number of amides is 1. The summed E-state index contributed by atoms with van der Waals surface area (Å²) in [5, 5.41) is 11.8. The van der Waals surface area contributed by atoms with Crippen molar-refractivity contribution in [1.29, 1.82) is 5.26 Å². The van der Waals surface area contributed by atoms with Crippen molar-refractivity contribution in [3.8, 4) is 11.8 Å². The fourth-order valence-electron chi connectivity index (χ4n) is 1.61. The molecular formula is C15H10ClFN2O2. The minimum atomic E-state index is -0.550. The third-order valence-electron chi connectivity index (χ3n) is 2.57. The lowest BCUT2D eigenvalue weighted by molar-refractivity contribution is -0.118. The summed E-state index contributed by atoms with van der Waals surface area (Å²) >= 11 is 5.81. The molecule has 6 heteroatoms. The lowest BCUT2D eigenvalue weighted by Crippen LogP contribution is -2.21. The van der Waals surface area contributed by atoms with Gasteiger partial charge >= 0.3 is 0 Å². The van der Waals surface area contributed by atoms with Crippen molar-refractivity contribution in [1.82, 2.24) is 0 Å². The molecule has 106 valence electrons. The van der Waals surface area contributed by atoms with Crippen LogP contribution in [0.25, 0.3) is 0 Å². The van der Waals surface area contributed by atoms with Crippen molar-refractivity contribution in [3.63, 3.8) is 0 Å². The molecule has 0 aliphatic rings.